The van der Waals surface area contributed by atoms with E-state index in [-0.39, 0.29) is 5.56 Å². The van der Waals surface area contributed by atoms with Crippen molar-refractivity contribution in [3.05, 3.63) is 35.9 Å². The third-order valence-corrected chi connectivity index (χ3v) is 5.80. The molecule has 2 saturated carbocycles. The average Bonchev–Trinajstić information content (AvgIpc) is 2.59. The zero-order chi connectivity index (χ0) is 18.9. The van der Waals surface area contributed by atoms with Crippen molar-refractivity contribution in [2.24, 2.45) is 17.3 Å². The standard InChI is InChI=1S/C20H24F2O4/c1-13-10-14-6-5-9-19(11-13,12-14)18(25)26-16(20(21,22)17(23)24)15-7-3-2-4-8-15/h2-4,7-8,13-14,16H,5-6,9-12H2,1H3,(H,23,24). The Morgan fingerprint density at radius 3 is 2.62 bits per heavy atom. The maximum atomic E-state index is 14.3. The molecule has 2 aliphatic rings. The maximum Gasteiger partial charge on any atom is 0.382 e. The number of alkyl halides is 2. The summed E-state index contributed by atoms with van der Waals surface area (Å²) in [5.41, 5.74) is -0.775. The molecule has 4 nitrogen and oxygen atoms in total. The quantitative estimate of drug-likeness (QED) is 0.774. The Morgan fingerprint density at radius 1 is 1.27 bits per heavy atom. The van der Waals surface area contributed by atoms with E-state index in [1.165, 1.54) is 24.3 Å². The number of esters is 1. The number of benzene rings is 1. The van der Waals surface area contributed by atoms with Crippen LogP contribution in [-0.4, -0.2) is 23.0 Å². The fourth-order valence-electron chi connectivity index (χ4n) is 4.78. The maximum absolute atomic E-state index is 14.3. The molecule has 0 saturated heterocycles. The van der Waals surface area contributed by atoms with Crippen LogP contribution in [0, 0.1) is 17.3 Å². The van der Waals surface area contributed by atoms with Crippen LogP contribution in [0.2, 0.25) is 0 Å². The summed E-state index contributed by atoms with van der Waals surface area (Å²) in [5, 5.41) is 8.97. The first-order chi connectivity index (χ1) is 12.2. The van der Waals surface area contributed by atoms with Crippen LogP contribution in [-0.2, 0) is 14.3 Å². The molecule has 0 aliphatic heterocycles. The van der Waals surface area contributed by atoms with Gasteiger partial charge in [-0.25, -0.2) is 4.79 Å². The van der Waals surface area contributed by atoms with Gasteiger partial charge in [0.05, 0.1) is 5.41 Å². The molecule has 4 unspecified atom stereocenters. The fourth-order valence-corrected chi connectivity index (χ4v) is 4.78. The van der Waals surface area contributed by atoms with E-state index in [4.69, 9.17) is 9.84 Å². The van der Waals surface area contributed by atoms with Crippen molar-refractivity contribution in [3.63, 3.8) is 0 Å². The van der Waals surface area contributed by atoms with Crippen LogP contribution in [0.3, 0.4) is 0 Å². The molecule has 2 bridgehead atoms. The highest BCUT2D eigenvalue weighted by molar-refractivity contribution is 5.80. The summed E-state index contributed by atoms with van der Waals surface area (Å²) in [5.74, 6) is -6.42. The van der Waals surface area contributed by atoms with Gasteiger partial charge in [0.2, 0.25) is 6.10 Å². The Hall–Kier alpha value is -1.98. The molecule has 0 aromatic heterocycles. The molecule has 0 amide bonds. The SMILES string of the molecule is CC1CC2CCCC(C(=O)OC(c3ccccc3)C(F)(F)C(=O)O)(C1)C2. The molecule has 0 heterocycles. The summed E-state index contributed by atoms with van der Waals surface area (Å²) in [6.45, 7) is 2.07. The van der Waals surface area contributed by atoms with E-state index in [0.29, 0.717) is 31.1 Å². The summed E-state index contributed by atoms with van der Waals surface area (Å²) in [7, 11) is 0. The van der Waals surface area contributed by atoms with Crippen molar-refractivity contribution < 1.29 is 28.2 Å². The number of carbonyl (C=O) groups is 2. The molecule has 2 fully saturated rings. The molecule has 2 aliphatic carbocycles. The van der Waals surface area contributed by atoms with Crippen LogP contribution < -0.4 is 0 Å². The van der Waals surface area contributed by atoms with Crippen LogP contribution >= 0.6 is 0 Å². The largest absolute Gasteiger partial charge is 0.477 e. The minimum atomic E-state index is -4.19. The van der Waals surface area contributed by atoms with Gasteiger partial charge in [-0.15, -0.1) is 0 Å². The third kappa shape index (κ3) is 3.46. The topological polar surface area (TPSA) is 63.6 Å². The van der Waals surface area contributed by atoms with Crippen LogP contribution in [0.1, 0.15) is 57.1 Å². The first-order valence-electron chi connectivity index (χ1n) is 9.12. The highest BCUT2D eigenvalue weighted by atomic mass is 19.3. The Labute approximate surface area is 151 Å². The number of aliphatic carboxylic acids is 1. The molecule has 142 valence electrons. The van der Waals surface area contributed by atoms with Gasteiger partial charge in [0.25, 0.3) is 0 Å². The average molecular weight is 366 g/mol. The second-order valence-corrected chi connectivity index (χ2v) is 7.91. The van der Waals surface area contributed by atoms with E-state index in [1.54, 1.807) is 6.07 Å². The molecular weight excluding hydrogens is 342 g/mol. The number of hydrogen-bond acceptors (Lipinski definition) is 3. The predicted molar refractivity (Wildman–Crippen MR) is 90.6 cm³/mol. The molecule has 3 rings (SSSR count). The van der Waals surface area contributed by atoms with Crippen LogP contribution in [0.4, 0.5) is 8.78 Å². The minimum absolute atomic E-state index is 0.0131. The summed E-state index contributed by atoms with van der Waals surface area (Å²) >= 11 is 0. The number of rotatable bonds is 5. The number of ether oxygens (including phenoxy) is 1. The molecule has 1 aromatic carbocycles. The number of halogens is 2. The Morgan fingerprint density at radius 2 is 1.96 bits per heavy atom. The molecule has 1 N–H and O–H groups in total. The first kappa shape index (κ1) is 18.8. The Balaban J connectivity index is 1.89. The van der Waals surface area contributed by atoms with Gasteiger partial charge < -0.3 is 9.84 Å². The highest BCUT2D eigenvalue weighted by Gasteiger charge is 2.54. The lowest BCUT2D eigenvalue weighted by molar-refractivity contribution is -0.203. The van der Waals surface area contributed by atoms with Gasteiger partial charge >= 0.3 is 17.9 Å². The number of carbonyl (C=O) groups excluding carboxylic acids is 1. The van der Waals surface area contributed by atoms with Gasteiger partial charge in [-0.1, -0.05) is 50.1 Å². The summed E-state index contributed by atoms with van der Waals surface area (Å²) < 4.78 is 33.9. The van der Waals surface area contributed by atoms with Crippen molar-refractivity contribution >= 4 is 11.9 Å². The van der Waals surface area contributed by atoms with Crippen molar-refractivity contribution in [3.8, 4) is 0 Å². The Kier molecular flexibility index (Phi) is 5.04. The number of carboxylic acids is 1. The van der Waals surface area contributed by atoms with Crippen LogP contribution in [0.25, 0.3) is 0 Å². The van der Waals surface area contributed by atoms with Gasteiger partial charge in [0, 0.05) is 0 Å². The van der Waals surface area contributed by atoms with E-state index < -0.39 is 29.4 Å². The normalized spacial score (nSPS) is 29.7. The smallest absolute Gasteiger partial charge is 0.382 e. The van der Waals surface area contributed by atoms with Crippen LogP contribution in [0.15, 0.2) is 30.3 Å². The highest BCUT2D eigenvalue weighted by Crippen LogP contribution is 2.52. The summed E-state index contributed by atoms with van der Waals surface area (Å²) in [4.78, 5) is 24.1. The first-order valence-corrected chi connectivity index (χ1v) is 9.12. The monoisotopic (exact) mass is 366 g/mol. The van der Waals surface area contributed by atoms with E-state index in [0.717, 1.165) is 19.3 Å². The van der Waals surface area contributed by atoms with E-state index in [2.05, 4.69) is 6.92 Å². The molecule has 0 radical (unpaired) electrons. The van der Waals surface area contributed by atoms with Gasteiger partial charge in [-0.05, 0) is 43.1 Å². The van der Waals surface area contributed by atoms with Crippen molar-refractivity contribution in [2.75, 3.05) is 0 Å². The number of hydrogen-bond donors (Lipinski definition) is 1. The third-order valence-electron chi connectivity index (χ3n) is 5.80. The lowest BCUT2D eigenvalue weighted by Gasteiger charge is -2.46. The summed E-state index contributed by atoms with van der Waals surface area (Å²) in [6.07, 6.45) is 2.72. The lowest BCUT2D eigenvalue weighted by Crippen LogP contribution is -2.46. The molecule has 6 heteroatoms. The van der Waals surface area contributed by atoms with E-state index in [1.807, 2.05) is 0 Å². The molecule has 26 heavy (non-hydrogen) atoms. The second kappa shape index (κ2) is 6.97. The van der Waals surface area contributed by atoms with Crippen molar-refractivity contribution in [2.45, 2.75) is 57.5 Å². The van der Waals surface area contributed by atoms with Crippen LogP contribution in [0.5, 0.6) is 0 Å². The molecule has 0 spiro atoms. The van der Waals surface area contributed by atoms with E-state index >= 15 is 0 Å². The van der Waals surface area contributed by atoms with Gasteiger partial charge in [0.1, 0.15) is 0 Å². The second-order valence-electron chi connectivity index (χ2n) is 7.91. The molecular formula is C20H24F2O4. The van der Waals surface area contributed by atoms with Crippen molar-refractivity contribution in [1.29, 1.82) is 0 Å². The molecule has 4 atom stereocenters. The minimum Gasteiger partial charge on any atom is -0.477 e. The molecule has 1 aromatic rings. The zero-order valence-electron chi connectivity index (χ0n) is 14.8. The summed E-state index contributed by atoms with van der Waals surface area (Å²) in [6, 6.07) is 7.39. The predicted octanol–water partition coefficient (Wildman–Crippen LogP) is 4.60. The van der Waals surface area contributed by atoms with Gasteiger partial charge in [-0.3, -0.25) is 4.79 Å². The zero-order valence-corrected chi connectivity index (χ0v) is 14.8. The van der Waals surface area contributed by atoms with E-state index in [9.17, 15) is 18.4 Å². The number of fused-ring (bicyclic) bond motifs is 2. The lowest BCUT2D eigenvalue weighted by atomic mass is 9.59. The van der Waals surface area contributed by atoms with Gasteiger partial charge in [0.15, 0.2) is 0 Å². The Bertz CT molecular complexity index is 672. The van der Waals surface area contributed by atoms with Crippen molar-refractivity contribution in [1.82, 2.24) is 0 Å². The number of carboxylic acid groups (broad SMARTS) is 1. The van der Waals surface area contributed by atoms with Gasteiger partial charge in [-0.2, -0.15) is 8.78 Å². The fraction of sp³-hybridized carbons (Fsp3) is 0.600.